The van der Waals surface area contributed by atoms with Gasteiger partial charge in [0.05, 0.1) is 0 Å². The molecule has 1 aliphatic carbocycles. The Balaban J connectivity index is 0.000000490. The van der Waals surface area contributed by atoms with E-state index >= 15 is 0 Å². The van der Waals surface area contributed by atoms with Crippen LogP contribution in [0.2, 0.25) is 0 Å². The van der Waals surface area contributed by atoms with Gasteiger partial charge < -0.3 is 0 Å². The molecule has 0 heterocycles. The van der Waals surface area contributed by atoms with E-state index in [0.717, 1.165) is 0 Å². The van der Waals surface area contributed by atoms with Crippen LogP contribution in [0, 0.1) is 0 Å². The fourth-order valence-electron chi connectivity index (χ4n) is 0.842. The molecule has 0 N–H and O–H groups in total. The van der Waals surface area contributed by atoms with Crippen molar-refractivity contribution in [1.82, 2.24) is 0 Å². The molecule has 0 radical (unpaired) electrons. The predicted molar refractivity (Wildman–Crippen MR) is 32.1 cm³/mol. The van der Waals surface area contributed by atoms with Crippen molar-refractivity contribution in [2.45, 2.75) is 20.3 Å². The Morgan fingerprint density at radius 1 is 1.12 bits per heavy atom. The van der Waals surface area contributed by atoms with Crippen LogP contribution in [0.5, 0.6) is 0 Å². The molecule has 0 aromatic heterocycles. The third-order valence-corrected chi connectivity index (χ3v) is 1.21. The summed E-state index contributed by atoms with van der Waals surface area (Å²) in [7, 11) is 0. The Hall–Kier alpha value is 0.168. The van der Waals surface area contributed by atoms with E-state index in [1.807, 2.05) is 0 Å². The van der Waals surface area contributed by atoms with Crippen molar-refractivity contribution in [3.63, 3.8) is 0 Å². The topological polar surface area (TPSA) is 0 Å². The molecule has 0 saturated carbocycles. The van der Waals surface area contributed by atoms with Crippen molar-refractivity contribution in [3.05, 3.63) is 23.3 Å². The first kappa shape index (κ1) is 8.17. The third kappa shape index (κ3) is 1.96. The Bertz CT molecular complexity index is 115. The van der Waals surface area contributed by atoms with Crippen LogP contribution in [-0.4, -0.2) is 0 Å². The summed E-state index contributed by atoms with van der Waals surface area (Å²) in [5, 5.41) is 0. The first-order valence-electron chi connectivity index (χ1n) is 2.62. The van der Waals surface area contributed by atoms with E-state index in [1.54, 1.807) is 0 Å². The number of allylic oxidation sites excluding steroid dienone is 4. The summed E-state index contributed by atoms with van der Waals surface area (Å²) in [6.45, 7) is 4.32. The maximum absolute atomic E-state index is 2.18. The zero-order valence-electron chi connectivity index (χ0n) is 5.18. The van der Waals surface area contributed by atoms with Gasteiger partial charge in [0.2, 0.25) is 0 Å². The van der Waals surface area contributed by atoms with Gasteiger partial charge in [0.25, 0.3) is 0 Å². The monoisotopic (exact) mass is 289 g/mol. The SMILES string of the molecule is CC1=CC=C(C)C1.[Pt]. The average molecular weight is 289 g/mol. The molecule has 0 unspecified atom stereocenters. The van der Waals surface area contributed by atoms with Crippen LogP contribution in [0.4, 0.5) is 0 Å². The standard InChI is InChI=1S/C7H10.Pt/c1-6-3-4-7(2)5-6;/h3-4H,5H2,1-2H3;. The normalized spacial score (nSPS) is 16.8. The molecule has 0 aliphatic heterocycles. The number of rotatable bonds is 0. The first-order valence-corrected chi connectivity index (χ1v) is 2.62. The molecular weight excluding hydrogens is 279 g/mol. The van der Waals surface area contributed by atoms with Gasteiger partial charge in [-0.25, -0.2) is 0 Å². The first-order chi connectivity index (χ1) is 3.29. The molecule has 48 valence electrons. The zero-order valence-corrected chi connectivity index (χ0v) is 7.45. The van der Waals surface area contributed by atoms with Gasteiger partial charge in [-0.3, -0.25) is 0 Å². The van der Waals surface area contributed by atoms with Crippen molar-refractivity contribution >= 4 is 0 Å². The Kier molecular flexibility index (Phi) is 3.31. The average Bonchev–Trinajstić information content (AvgIpc) is 1.87. The fourth-order valence-corrected chi connectivity index (χ4v) is 0.842. The summed E-state index contributed by atoms with van der Waals surface area (Å²) in [5.41, 5.74) is 2.97. The van der Waals surface area contributed by atoms with Gasteiger partial charge >= 0.3 is 0 Å². The van der Waals surface area contributed by atoms with Gasteiger partial charge in [0.1, 0.15) is 0 Å². The van der Waals surface area contributed by atoms with Gasteiger partial charge in [-0.05, 0) is 20.3 Å². The number of hydrogen-bond donors (Lipinski definition) is 0. The molecule has 0 nitrogen and oxygen atoms in total. The van der Waals surface area contributed by atoms with Crippen LogP contribution in [-0.2, 0) is 21.1 Å². The van der Waals surface area contributed by atoms with E-state index < -0.39 is 0 Å². The number of hydrogen-bond acceptors (Lipinski definition) is 0. The second-order valence-electron chi connectivity index (χ2n) is 2.20. The van der Waals surface area contributed by atoms with Gasteiger partial charge in [0.15, 0.2) is 0 Å². The maximum atomic E-state index is 2.18. The van der Waals surface area contributed by atoms with Crippen LogP contribution in [0.3, 0.4) is 0 Å². The van der Waals surface area contributed by atoms with Gasteiger partial charge in [-0.15, -0.1) is 0 Å². The minimum atomic E-state index is 0. The predicted octanol–water partition coefficient (Wildman–Crippen LogP) is 2.28. The summed E-state index contributed by atoms with van der Waals surface area (Å²) < 4.78 is 0. The van der Waals surface area contributed by atoms with Crippen LogP contribution >= 0.6 is 0 Å². The van der Waals surface area contributed by atoms with E-state index in [0.29, 0.717) is 0 Å². The van der Waals surface area contributed by atoms with E-state index in [9.17, 15) is 0 Å². The molecule has 0 fully saturated rings. The molecule has 1 heteroatoms. The van der Waals surface area contributed by atoms with Crippen molar-refractivity contribution in [2.24, 2.45) is 0 Å². The van der Waals surface area contributed by atoms with Crippen molar-refractivity contribution in [2.75, 3.05) is 0 Å². The molecule has 0 aromatic rings. The molecule has 8 heavy (non-hydrogen) atoms. The molecule has 0 saturated heterocycles. The van der Waals surface area contributed by atoms with Crippen LogP contribution in [0.25, 0.3) is 0 Å². The second-order valence-corrected chi connectivity index (χ2v) is 2.20. The Morgan fingerprint density at radius 2 is 1.50 bits per heavy atom. The van der Waals surface area contributed by atoms with E-state index in [4.69, 9.17) is 0 Å². The van der Waals surface area contributed by atoms with Crippen LogP contribution in [0.1, 0.15) is 20.3 Å². The molecule has 1 aliphatic rings. The third-order valence-electron chi connectivity index (χ3n) is 1.21. The molecule has 0 spiro atoms. The fraction of sp³-hybridized carbons (Fsp3) is 0.429. The van der Waals surface area contributed by atoms with Crippen molar-refractivity contribution in [1.29, 1.82) is 0 Å². The van der Waals surface area contributed by atoms with E-state index in [1.165, 1.54) is 17.6 Å². The largest absolute Gasteiger partial charge is 0.0693 e. The van der Waals surface area contributed by atoms with Crippen molar-refractivity contribution < 1.29 is 21.1 Å². The second kappa shape index (κ2) is 3.24. The van der Waals surface area contributed by atoms with E-state index in [-0.39, 0.29) is 21.1 Å². The minimum absolute atomic E-state index is 0. The summed E-state index contributed by atoms with van der Waals surface area (Å²) in [5.74, 6) is 0. The Morgan fingerprint density at radius 3 is 1.62 bits per heavy atom. The molecule has 0 aromatic carbocycles. The summed E-state index contributed by atoms with van der Waals surface area (Å²) in [6.07, 6.45) is 5.55. The zero-order chi connectivity index (χ0) is 5.28. The molecule has 1 rings (SSSR count). The van der Waals surface area contributed by atoms with Crippen LogP contribution in [0.15, 0.2) is 23.3 Å². The molecule has 0 amide bonds. The van der Waals surface area contributed by atoms with E-state index in [2.05, 4.69) is 26.0 Å². The molecule has 0 atom stereocenters. The summed E-state index contributed by atoms with van der Waals surface area (Å²) in [6, 6.07) is 0. The quantitative estimate of drug-likeness (QED) is 0.642. The minimum Gasteiger partial charge on any atom is -0.0693 e. The van der Waals surface area contributed by atoms with Crippen molar-refractivity contribution in [3.8, 4) is 0 Å². The maximum Gasteiger partial charge on any atom is 0 e. The van der Waals surface area contributed by atoms with Gasteiger partial charge in [-0.2, -0.15) is 0 Å². The summed E-state index contributed by atoms with van der Waals surface area (Å²) >= 11 is 0. The van der Waals surface area contributed by atoms with Gasteiger partial charge in [-0.1, -0.05) is 23.3 Å². The molecule has 0 bridgehead atoms. The molecular formula is C7H10Pt. The van der Waals surface area contributed by atoms with Crippen LogP contribution < -0.4 is 0 Å². The van der Waals surface area contributed by atoms with Gasteiger partial charge in [0, 0.05) is 21.1 Å². The Labute approximate surface area is 64.9 Å². The summed E-state index contributed by atoms with van der Waals surface area (Å²) in [4.78, 5) is 0. The smallest absolute Gasteiger partial charge is 0 e.